The van der Waals surface area contributed by atoms with E-state index in [2.05, 4.69) is 15.5 Å². The van der Waals surface area contributed by atoms with Crippen LogP contribution in [0.2, 0.25) is 0 Å². The molecule has 1 heterocycles. The molecule has 146 valence electrons. The Morgan fingerprint density at radius 2 is 2.29 bits per heavy atom. The van der Waals surface area contributed by atoms with Crippen LogP contribution in [0.3, 0.4) is 0 Å². The minimum Gasteiger partial charge on any atom is -0.491 e. The molecule has 0 radical (unpaired) electrons. The Balaban J connectivity index is 2.07. The maximum absolute atomic E-state index is 13.6. The van der Waals surface area contributed by atoms with Crippen molar-refractivity contribution in [3.8, 4) is 11.8 Å². The number of anilines is 1. The molecule has 4 N–H and O–H groups in total. The number of aromatic amines is 1. The van der Waals surface area contributed by atoms with Gasteiger partial charge in [-0.15, -0.1) is 0 Å². The summed E-state index contributed by atoms with van der Waals surface area (Å²) in [6.07, 6.45) is 6.48. The molecule has 1 amide bonds. The van der Waals surface area contributed by atoms with Crippen molar-refractivity contribution in [3.05, 3.63) is 59.2 Å². The van der Waals surface area contributed by atoms with E-state index in [1.54, 1.807) is 12.1 Å². The molecule has 1 aromatic carbocycles. The third kappa shape index (κ3) is 4.98. The number of carbonyl (C=O) groups excluding carboxylic acids is 1. The van der Waals surface area contributed by atoms with Crippen LogP contribution in [-0.2, 0) is 11.2 Å². The molecule has 7 nitrogen and oxygen atoms in total. The third-order valence-electron chi connectivity index (χ3n) is 3.98. The topological polar surface area (TPSA) is 117 Å². The smallest absolute Gasteiger partial charge is 0.226 e. The summed E-state index contributed by atoms with van der Waals surface area (Å²) >= 11 is 0. The maximum atomic E-state index is 13.6. The summed E-state index contributed by atoms with van der Waals surface area (Å²) in [6, 6.07) is 6.05. The number of carbonyl (C=O) groups is 1. The zero-order valence-electron chi connectivity index (χ0n) is 15.8. The third-order valence-corrected chi connectivity index (χ3v) is 3.98. The molecule has 0 unspecified atom stereocenters. The molecule has 0 bridgehead atoms. The fourth-order valence-electron chi connectivity index (χ4n) is 2.54. The molecular formula is C20H22FN5O2. The number of aromatic nitrogens is 2. The van der Waals surface area contributed by atoms with Gasteiger partial charge in [0.25, 0.3) is 0 Å². The summed E-state index contributed by atoms with van der Waals surface area (Å²) in [5, 5.41) is 18.3. The number of nitrogens with two attached hydrogens (primary N) is 1. The van der Waals surface area contributed by atoms with E-state index < -0.39 is 5.82 Å². The van der Waals surface area contributed by atoms with Crippen LogP contribution >= 0.6 is 0 Å². The molecule has 0 aliphatic rings. The quantitative estimate of drug-likeness (QED) is 0.605. The van der Waals surface area contributed by atoms with E-state index in [0.29, 0.717) is 29.0 Å². The van der Waals surface area contributed by atoms with Gasteiger partial charge in [0.15, 0.2) is 11.6 Å². The van der Waals surface area contributed by atoms with Gasteiger partial charge in [0.05, 0.1) is 12.7 Å². The fourth-order valence-corrected chi connectivity index (χ4v) is 2.54. The van der Waals surface area contributed by atoms with E-state index >= 15 is 0 Å². The second-order valence-corrected chi connectivity index (χ2v) is 5.89. The van der Waals surface area contributed by atoms with Crippen LogP contribution in [0.1, 0.15) is 36.6 Å². The Hall–Kier alpha value is -3.60. The van der Waals surface area contributed by atoms with Gasteiger partial charge < -0.3 is 15.8 Å². The SMILES string of the molecule is CC/C=C\C(=C/N)c1[nH]nc(NC(=O)CCc2ccc(C#N)c(F)c2)c1OC. The number of aryl methyl sites for hydroxylation is 1. The first kappa shape index (κ1) is 20.7. The van der Waals surface area contributed by atoms with Crippen molar-refractivity contribution in [2.75, 3.05) is 12.4 Å². The predicted molar refractivity (Wildman–Crippen MR) is 105 cm³/mol. The number of hydrogen-bond acceptors (Lipinski definition) is 5. The molecule has 0 aliphatic carbocycles. The van der Waals surface area contributed by atoms with Crippen molar-refractivity contribution in [2.45, 2.75) is 26.2 Å². The van der Waals surface area contributed by atoms with E-state index in [4.69, 9.17) is 15.7 Å². The minimum atomic E-state index is -0.597. The molecular weight excluding hydrogens is 361 g/mol. The van der Waals surface area contributed by atoms with Crippen LogP contribution in [0.4, 0.5) is 10.2 Å². The molecule has 0 aliphatic heterocycles. The molecule has 0 atom stereocenters. The number of rotatable bonds is 8. The Bertz CT molecular complexity index is 941. The predicted octanol–water partition coefficient (Wildman–Crippen LogP) is 3.27. The number of nitrogens with one attached hydrogen (secondary N) is 2. The number of nitrogens with zero attached hydrogens (tertiary/aromatic N) is 2. The molecule has 0 saturated carbocycles. The highest BCUT2D eigenvalue weighted by atomic mass is 19.1. The zero-order valence-corrected chi connectivity index (χ0v) is 15.8. The number of H-pyrrole nitrogens is 1. The fraction of sp³-hybridized carbons (Fsp3) is 0.250. The number of hydrogen-bond donors (Lipinski definition) is 3. The van der Waals surface area contributed by atoms with Crippen molar-refractivity contribution in [3.63, 3.8) is 0 Å². The first-order valence-corrected chi connectivity index (χ1v) is 8.73. The van der Waals surface area contributed by atoms with Crippen molar-refractivity contribution in [1.82, 2.24) is 10.2 Å². The molecule has 1 aromatic heterocycles. The van der Waals surface area contributed by atoms with Gasteiger partial charge in [0.2, 0.25) is 5.91 Å². The summed E-state index contributed by atoms with van der Waals surface area (Å²) in [7, 11) is 1.47. The van der Waals surface area contributed by atoms with E-state index in [-0.39, 0.29) is 23.7 Å². The van der Waals surface area contributed by atoms with Crippen molar-refractivity contribution >= 4 is 17.3 Å². The molecule has 8 heteroatoms. The highest BCUT2D eigenvalue weighted by Crippen LogP contribution is 2.31. The van der Waals surface area contributed by atoms with Crippen LogP contribution in [0.5, 0.6) is 5.75 Å². The van der Waals surface area contributed by atoms with Gasteiger partial charge in [0.1, 0.15) is 17.6 Å². The highest BCUT2D eigenvalue weighted by molar-refractivity contribution is 5.92. The average molecular weight is 383 g/mol. The summed E-state index contributed by atoms with van der Waals surface area (Å²) < 4.78 is 19.0. The van der Waals surface area contributed by atoms with E-state index in [9.17, 15) is 9.18 Å². The van der Waals surface area contributed by atoms with Gasteiger partial charge in [-0.2, -0.15) is 10.4 Å². The number of benzene rings is 1. The number of ether oxygens (including phenoxy) is 1. The first-order valence-electron chi connectivity index (χ1n) is 8.73. The average Bonchev–Trinajstić information content (AvgIpc) is 3.09. The minimum absolute atomic E-state index is 0.0251. The number of halogens is 1. The van der Waals surface area contributed by atoms with Crippen molar-refractivity contribution < 1.29 is 13.9 Å². The van der Waals surface area contributed by atoms with Crippen molar-refractivity contribution in [1.29, 1.82) is 5.26 Å². The van der Waals surface area contributed by atoms with Crippen LogP contribution < -0.4 is 15.8 Å². The van der Waals surface area contributed by atoms with Crippen LogP contribution in [0.15, 0.2) is 36.6 Å². The van der Waals surface area contributed by atoms with Crippen LogP contribution in [0, 0.1) is 17.1 Å². The molecule has 2 rings (SSSR count). The lowest BCUT2D eigenvalue weighted by atomic mass is 10.1. The van der Waals surface area contributed by atoms with Gasteiger partial charge in [-0.3, -0.25) is 9.89 Å². The largest absolute Gasteiger partial charge is 0.491 e. The molecule has 0 spiro atoms. The summed E-state index contributed by atoms with van der Waals surface area (Å²) in [5.41, 5.74) is 7.50. The first-order chi connectivity index (χ1) is 13.5. The van der Waals surface area contributed by atoms with E-state index in [0.717, 1.165) is 6.42 Å². The summed E-state index contributed by atoms with van der Waals surface area (Å²) in [4.78, 5) is 12.3. The van der Waals surface area contributed by atoms with Gasteiger partial charge in [-0.05, 0) is 30.5 Å². The normalized spacial score (nSPS) is 11.4. The lowest BCUT2D eigenvalue weighted by Crippen LogP contribution is -2.13. The van der Waals surface area contributed by atoms with Gasteiger partial charge in [-0.1, -0.05) is 25.1 Å². The summed E-state index contributed by atoms with van der Waals surface area (Å²) in [5.74, 6) is -0.281. The van der Waals surface area contributed by atoms with Gasteiger partial charge >= 0.3 is 0 Å². The molecule has 2 aromatic rings. The maximum Gasteiger partial charge on any atom is 0.226 e. The van der Waals surface area contributed by atoms with Gasteiger partial charge in [-0.25, -0.2) is 4.39 Å². The monoisotopic (exact) mass is 383 g/mol. The Kier molecular flexibility index (Phi) is 7.34. The lowest BCUT2D eigenvalue weighted by molar-refractivity contribution is -0.116. The second-order valence-electron chi connectivity index (χ2n) is 5.89. The Morgan fingerprint density at radius 1 is 1.50 bits per heavy atom. The number of amides is 1. The molecule has 0 fully saturated rings. The standard InChI is InChI=1S/C20H22FN5O2/c1-3-4-5-15(12-23)18-19(28-2)20(26-25-18)24-17(27)9-7-13-6-8-14(11-22)16(21)10-13/h4-6,8,10,12H,3,7,9,23H2,1-2H3,(H2,24,25,26,27)/b5-4-,15-12+. The number of allylic oxidation sites excluding steroid dienone is 3. The Labute approximate surface area is 162 Å². The van der Waals surface area contributed by atoms with Gasteiger partial charge in [0, 0.05) is 18.2 Å². The highest BCUT2D eigenvalue weighted by Gasteiger charge is 2.18. The second kappa shape index (κ2) is 9.92. The van der Waals surface area contributed by atoms with Crippen LogP contribution in [-0.4, -0.2) is 23.2 Å². The van der Waals surface area contributed by atoms with Crippen molar-refractivity contribution in [2.24, 2.45) is 5.73 Å². The van der Waals surface area contributed by atoms with Crippen LogP contribution in [0.25, 0.3) is 5.57 Å². The number of methoxy groups -OCH3 is 1. The number of nitriles is 1. The molecule has 0 saturated heterocycles. The Morgan fingerprint density at radius 3 is 2.89 bits per heavy atom. The lowest BCUT2D eigenvalue weighted by Gasteiger charge is -2.07. The van der Waals surface area contributed by atoms with E-state index in [1.807, 2.05) is 19.1 Å². The summed E-state index contributed by atoms with van der Waals surface area (Å²) in [6.45, 7) is 2.00. The molecule has 28 heavy (non-hydrogen) atoms. The van der Waals surface area contributed by atoms with E-state index in [1.165, 1.54) is 25.4 Å². The zero-order chi connectivity index (χ0) is 20.5.